The van der Waals surface area contributed by atoms with Gasteiger partial charge in [0.25, 0.3) is 0 Å². The topological polar surface area (TPSA) is 237 Å². The molecule has 0 aliphatic carbocycles. The summed E-state index contributed by atoms with van der Waals surface area (Å²) in [6.45, 7) is 11.8. The molecule has 0 amide bonds. The van der Waals surface area contributed by atoms with E-state index in [1.165, 1.54) is 154 Å². The van der Waals surface area contributed by atoms with E-state index >= 15 is 0 Å². The Labute approximate surface area is 549 Å². The summed E-state index contributed by atoms with van der Waals surface area (Å²) in [6.07, 6.45) is 46.2. The van der Waals surface area contributed by atoms with Gasteiger partial charge in [-0.05, 0) is 43.4 Å². The van der Waals surface area contributed by atoms with Crippen molar-refractivity contribution in [3.8, 4) is 0 Å². The summed E-state index contributed by atoms with van der Waals surface area (Å²) in [7, 11) is -9.90. The molecule has 0 radical (unpaired) electrons. The molecule has 2 unspecified atom stereocenters. The fourth-order valence-corrected chi connectivity index (χ4v) is 12.3. The van der Waals surface area contributed by atoms with Crippen LogP contribution in [0.3, 0.4) is 0 Å². The molecule has 3 N–H and O–H groups in total. The van der Waals surface area contributed by atoms with Crippen molar-refractivity contribution in [3.63, 3.8) is 0 Å². The van der Waals surface area contributed by atoms with Gasteiger partial charge >= 0.3 is 39.5 Å². The van der Waals surface area contributed by atoms with E-state index < -0.39 is 97.5 Å². The minimum absolute atomic E-state index is 0.102. The van der Waals surface area contributed by atoms with E-state index in [1.54, 1.807) is 0 Å². The van der Waals surface area contributed by atoms with Crippen molar-refractivity contribution in [2.24, 2.45) is 17.8 Å². The highest BCUT2D eigenvalue weighted by molar-refractivity contribution is 7.47. The monoisotopic (exact) mass is 1320 g/mol. The maximum Gasteiger partial charge on any atom is 0.472 e. The third-order valence-electron chi connectivity index (χ3n) is 16.4. The number of rotatable bonds is 69. The number of hydrogen-bond acceptors (Lipinski definition) is 15. The lowest BCUT2D eigenvalue weighted by Crippen LogP contribution is -2.30. The van der Waals surface area contributed by atoms with Crippen molar-refractivity contribution in [3.05, 3.63) is 0 Å². The minimum atomic E-state index is -4.95. The van der Waals surface area contributed by atoms with E-state index in [-0.39, 0.29) is 25.7 Å². The average molecular weight is 1330 g/mol. The van der Waals surface area contributed by atoms with Gasteiger partial charge in [0.05, 0.1) is 26.4 Å². The van der Waals surface area contributed by atoms with E-state index in [2.05, 4.69) is 48.5 Å². The molecule has 0 aliphatic rings. The largest absolute Gasteiger partial charge is 0.472 e. The Kier molecular flexibility index (Phi) is 60.6. The first kappa shape index (κ1) is 88.1. The van der Waals surface area contributed by atoms with Crippen molar-refractivity contribution >= 4 is 39.5 Å². The molecule has 0 saturated carbocycles. The van der Waals surface area contributed by atoms with Crippen LogP contribution in [0.2, 0.25) is 0 Å². The number of ether oxygens (including phenoxy) is 4. The number of unbranched alkanes of at least 4 members (excludes halogenated alkanes) is 37. The van der Waals surface area contributed by atoms with Crippen LogP contribution in [0.25, 0.3) is 0 Å². The van der Waals surface area contributed by atoms with Crippen LogP contribution in [0.15, 0.2) is 0 Å². The van der Waals surface area contributed by atoms with Gasteiger partial charge in [-0.1, -0.05) is 305 Å². The van der Waals surface area contributed by atoms with Gasteiger partial charge in [0.2, 0.25) is 0 Å². The molecule has 17 nitrogen and oxygen atoms in total. The van der Waals surface area contributed by atoms with E-state index in [0.29, 0.717) is 31.6 Å². The molecule has 0 rings (SSSR count). The van der Waals surface area contributed by atoms with Gasteiger partial charge in [-0.2, -0.15) is 0 Å². The minimum Gasteiger partial charge on any atom is -0.462 e. The Bertz CT molecular complexity index is 1770. The first-order chi connectivity index (χ1) is 43.2. The molecule has 0 heterocycles. The van der Waals surface area contributed by atoms with E-state index in [0.717, 1.165) is 115 Å². The number of phosphoric acid groups is 2. The Morgan fingerprint density at radius 1 is 0.300 bits per heavy atom. The zero-order valence-corrected chi connectivity index (χ0v) is 60.4. The third kappa shape index (κ3) is 64.8. The van der Waals surface area contributed by atoms with Crippen molar-refractivity contribution in [1.29, 1.82) is 0 Å². The zero-order valence-electron chi connectivity index (χ0n) is 58.6. The number of aliphatic hydroxyl groups excluding tert-OH is 1. The second-order valence-corrected chi connectivity index (χ2v) is 30.0. The smallest absolute Gasteiger partial charge is 0.462 e. The van der Waals surface area contributed by atoms with Gasteiger partial charge < -0.3 is 33.8 Å². The predicted molar refractivity (Wildman–Crippen MR) is 363 cm³/mol. The van der Waals surface area contributed by atoms with Crippen LogP contribution in [0.1, 0.15) is 357 Å². The molecule has 0 aromatic carbocycles. The maximum absolute atomic E-state index is 13.0. The first-order valence-corrected chi connectivity index (χ1v) is 39.8. The predicted octanol–water partition coefficient (Wildman–Crippen LogP) is 20.2. The van der Waals surface area contributed by atoms with Crippen LogP contribution in [-0.2, 0) is 65.4 Å². The van der Waals surface area contributed by atoms with Crippen molar-refractivity contribution in [2.45, 2.75) is 375 Å². The van der Waals surface area contributed by atoms with Crippen LogP contribution in [0.4, 0.5) is 0 Å². The van der Waals surface area contributed by atoms with Crippen LogP contribution >= 0.6 is 15.6 Å². The zero-order chi connectivity index (χ0) is 66.6. The van der Waals surface area contributed by atoms with Crippen LogP contribution in [0, 0.1) is 17.8 Å². The Hall–Kier alpha value is -1.94. The summed E-state index contributed by atoms with van der Waals surface area (Å²) >= 11 is 0. The standard InChI is InChI=1S/C71H138O17P2/c1-8-9-10-11-28-38-45-52-68(73)81-58-67(88-71(76)55-48-41-34-33-37-44-51-64(6)7)61-86-90(79,80)84-57-65(72)56-83-89(77,78)85-60-66(59-82-69(74)53-46-39-31-26-22-19-15-17-21-25-30-36-43-50-63(4)5)87-70(75)54-47-40-32-27-23-18-14-12-13-16-20-24-29-35-42-49-62(2)3/h62-67,72H,8-61H2,1-7H3,(H,77,78)(H,79,80)/t65-,66-,67-/m1/s1. The average Bonchev–Trinajstić information content (AvgIpc) is 3.71. The Morgan fingerprint density at radius 3 is 0.756 bits per heavy atom. The molecule has 0 aromatic heterocycles. The molecule has 0 saturated heterocycles. The van der Waals surface area contributed by atoms with Crippen molar-refractivity contribution in [2.75, 3.05) is 39.6 Å². The van der Waals surface area contributed by atoms with Gasteiger partial charge in [-0.25, -0.2) is 9.13 Å². The van der Waals surface area contributed by atoms with Crippen LogP contribution in [-0.4, -0.2) is 96.7 Å². The number of hydrogen-bond donors (Lipinski definition) is 3. The van der Waals surface area contributed by atoms with Crippen LogP contribution < -0.4 is 0 Å². The molecule has 0 bridgehead atoms. The molecule has 0 aromatic rings. The Balaban J connectivity index is 5.18. The summed E-state index contributed by atoms with van der Waals surface area (Å²) in [4.78, 5) is 72.4. The molecule has 0 aliphatic heterocycles. The van der Waals surface area contributed by atoms with E-state index in [4.69, 9.17) is 37.0 Å². The number of carbonyl (C=O) groups excluding carboxylic acids is 4. The molecule has 90 heavy (non-hydrogen) atoms. The number of esters is 4. The normalized spacial score (nSPS) is 14.2. The highest BCUT2D eigenvalue weighted by atomic mass is 31.2. The number of carbonyl (C=O) groups is 4. The summed E-state index contributed by atoms with van der Waals surface area (Å²) in [5.41, 5.74) is 0. The quantitative estimate of drug-likeness (QED) is 0.0222. The fourth-order valence-electron chi connectivity index (χ4n) is 10.7. The molecular formula is C71H138O17P2. The molecule has 0 fully saturated rings. The van der Waals surface area contributed by atoms with E-state index in [1.807, 2.05) is 0 Å². The van der Waals surface area contributed by atoms with Crippen LogP contribution in [0.5, 0.6) is 0 Å². The molecule has 534 valence electrons. The lowest BCUT2D eigenvalue weighted by Gasteiger charge is -2.21. The molecule has 5 atom stereocenters. The summed E-state index contributed by atoms with van der Waals surface area (Å²) < 4.78 is 68.2. The van der Waals surface area contributed by atoms with Gasteiger partial charge in [0.15, 0.2) is 12.2 Å². The van der Waals surface area contributed by atoms with Crippen molar-refractivity contribution in [1.82, 2.24) is 0 Å². The van der Waals surface area contributed by atoms with Gasteiger partial charge in [-0.3, -0.25) is 37.3 Å². The fraction of sp³-hybridized carbons (Fsp3) is 0.944. The highest BCUT2D eigenvalue weighted by Gasteiger charge is 2.30. The molecule has 0 spiro atoms. The lowest BCUT2D eigenvalue weighted by atomic mass is 10.0. The number of aliphatic hydroxyl groups is 1. The maximum atomic E-state index is 13.0. The van der Waals surface area contributed by atoms with Gasteiger partial charge in [-0.15, -0.1) is 0 Å². The second kappa shape index (κ2) is 61.9. The highest BCUT2D eigenvalue weighted by Crippen LogP contribution is 2.45. The third-order valence-corrected chi connectivity index (χ3v) is 18.3. The van der Waals surface area contributed by atoms with Gasteiger partial charge in [0, 0.05) is 25.7 Å². The Morgan fingerprint density at radius 2 is 0.511 bits per heavy atom. The summed E-state index contributed by atoms with van der Waals surface area (Å²) in [5.74, 6) is 0.130. The molecular weight excluding hydrogens is 1190 g/mol. The second-order valence-electron chi connectivity index (χ2n) is 27.1. The SMILES string of the molecule is CCCCCCCCCC(=O)OC[C@H](COP(=O)(O)OC[C@H](O)COP(=O)(O)OC[C@@H](COC(=O)CCCCCCCCCCCCCCCC(C)C)OC(=O)CCCCCCCCCCCCCCCCCC(C)C)OC(=O)CCCCCCCCC(C)C. The lowest BCUT2D eigenvalue weighted by molar-refractivity contribution is -0.161. The van der Waals surface area contributed by atoms with Crippen molar-refractivity contribution < 1.29 is 80.2 Å². The van der Waals surface area contributed by atoms with E-state index in [9.17, 15) is 43.2 Å². The number of phosphoric ester groups is 2. The molecule has 19 heteroatoms. The summed E-state index contributed by atoms with van der Waals surface area (Å²) in [6, 6.07) is 0. The first-order valence-electron chi connectivity index (χ1n) is 36.8. The summed E-state index contributed by atoms with van der Waals surface area (Å²) in [5, 5.41) is 10.6. The van der Waals surface area contributed by atoms with Gasteiger partial charge in [0.1, 0.15) is 19.3 Å².